The molecule has 14 heavy (non-hydrogen) atoms. The van der Waals surface area contributed by atoms with Gasteiger partial charge in [0.2, 0.25) is 5.91 Å². The molecule has 0 radical (unpaired) electrons. The quantitative estimate of drug-likeness (QED) is 0.725. The molecule has 5 heteroatoms. The molecule has 2 N–H and O–H groups in total. The fourth-order valence-corrected chi connectivity index (χ4v) is 0.776. The molecule has 1 amide bonds. The minimum Gasteiger partial charge on any atom is -0.488 e. The monoisotopic (exact) mass is 198 g/mol. The lowest BCUT2D eigenvalue weighted by atomic mass is 10.2. The first-order valence-corrected chi connectivity index (χ1v) is 4.14. The maximum Gasteiger partial charge on any atom is 0.255 e. The molecule has 0 bridgehead atoms. The molecule has 1 rings (SSSR count). The number of carbonyl (C=O) groups excluding carboxylic acids is 1. The number of hydrogen-bond donors (Lipinski definition) is 1. The van der Waals surface area contributed by atoms with Gasteiger partial charge in [-0.2, -0.15) is 4.39 Å². The van der Waals surface area contributed by atoms with Crippen molar-refractivity contribution in [3.8, 4) is 5.75 Å². The number of amides is 1. The summed E-state index contributed by atoms with van der Waals surface area (Å²) in [6.45, 7) is 1.66. The van der Waals surface area contributed by atoms with Gasteiger partial charge in [0.25, 0.3) is 5.95 Å². The summed E-state index contributed by atoms with van der Waals surface area (Å²) in [5, 5.41) is 0. The van der Waals surface area contributed by atoms with Crippen LogP contribution in [0.2, 0.25) is 0 Å². The van der Waals surface area contributed by atoms with Crippen molar-refractivity contribution in [2.75, 3.05) is 6.61 Å². The Kier molecular flexibility index (Phi) is 3.39. The predicted molar refractivity (Wildman–Crippen MR) is 48.0 cm³/mol. The van der Waals surface area contributed by atoms with Gasteiger partial charge in [0, 0.05) is 6.20 Å². The molecule has 0 aromatic carbocycles. The zero-order valence-corrected chi connectivity index (χ0v) is 7.74. The number of halogens is 1. The second kappa shape index (κ2) is 4.55. The maximum absolute atomic E-state index is 12.9. The smallest absolute Gasteiger partial charge is 0.255 e. The van der Waals surface area contributed by atoms with Crippen LogP contribution in [0.15, 0.2) is 18.3 Å². The molecule has 4 nitrogen and oxygen atoms in total. The molecule has 1 atom stereocenters. The highest BCUT2D eigenvalue weighted by molar-refractivity contribution is 5.76. The van der Waals surface area contributed by atoms with E-state index in [1.807, 2.05) is 0 Å². The second-order valence-corrected chi connectivity index (χ2v) is 2.91. The maximum atomic E-state index is 12.9. The van der Waals surface area contributed by atoms with Crippen LogP contribution in [0.4, 0.5) is 4.39 Å². The summed E-state index contributed by atoms with van der Waals surface area (Å²) >= 11 is 0. The van der Waals surface area contributed by atoms with E-state index in [9.17, 15) is 9.18 Å². The van der Waals surface area contributed by atoms with Crippen molar-refractivity contribution in [1.29, 1.82) is 0 Å². The van der Waals surface area contributed by atoms with Crippen LogP contribution in [0.1, 0.15) is 6.92 Å². The summed E-state index contributed by atoms with van der Waals surface area (Å²) in [7, 11) is 0. The highest BCUT2D eigenvalue weighted by atomic mass is 19.1. The molecule has 0 aliphatic carbocycles. The van der Waals surface area contributed by atoms with Crippen molar-refractivity contribution < 1.29 is 13.9 Å². The lowest BCUT2D eigenvalue weighted by Gasteiger charge is -2.09. The van der Waals surface area contributed by atoms with Gasteiger partial charge in [-0.05, 0) is 12.1 Å². The minimum atomic E-state index is -0.691. The Morgan fingerprint density at radius 3 is 3.07 bits per heavy atom. The molecular formula is C9H11FN2O2. The van der Waals surface area contributed by atoms with E-state index in [4.69, 9.17) is 10.5 Å². The first-order chi connectivity index (χ1) is 6.61. The van der Waals surface area contributed by atoms with E-state index in [-0.39, 0.29) is 12.4 Å². The van der Waals surface area contributed by atoms with Crippen LogP contribution < -0.4 is 10.5 Å². The predicted octanol–water partition coefficient (Wildman–Crippen LogP) is 0.721. The number of primary amides is 1. The van der Waals surface area contributed by atoms with Crippen LogP contribution in [0.5, 0.6) is 5.75 Å². The Bertz CT molecular complexity index is 330. The third kappa shape index (κ3) is 2.69. The largest absolute Gasteiger partial charge is 0.488 e. The average molecular weight is 198 g/mol. The Hall–Kier alpha value is -1.65. The van der Waals surface area contributed by atoms with Crippen LogP contribution in [0.3, 0.4) is 0 Å². The van der Waals surface area contributed by atoms with Gasteiger partial charge in [0.05, 0.1) is 12.5 Å². The summed E-state index contributed by atoms with van der Waals surface area (Å²) in [4.78, 5) is 14.0. The van der Waals surface area contributed by atoms with Crippen LogP contribution in [-0.4, -0.2) is 17.5 Å². The number of carbonyl (C=O) groups is 1. The van der Waals surface area contributed by atoms with E-state index >= 15 is 0 Å². The van der Waals surface area contributed by atoms with E-state index in [1.54, 1.807) is 13.0 Å². The normalized spacial score (nSPS) is 12.1. The van der Waals surface area contributed by atoms with Gasteiger partial charge >= 0.3 is 0 Å². The van der Waals surface area contributed by atoms with Crippen LogP contribution in [0.25, 0.3) is 0 Å². The van der Waals surface area contributed by atoms with Gasteiger partial charge in [-0.1, -0.05) is 6.92 Å². The molecule has 0 aliphatic heterocycles. The minimum absolute atomic E-state index is 0.0283. The number of nitrogens with two attached hydrogens (primary N) is 1. The lowest BCUT2D eigenvalue weighted by molar-refractivity contribution is -0.122. The van der Waals surface area contributed by atoms with Crippen LogP contribution >= 0.6 is 0 Å². The third-order valence-electron chi connectivity index (χ3n) is 1.70. The Morgan fingerprint density at radius 1 is 1.79 bits per heavy atom. The molecule has 1 heterocycles. The fourth-order valence-electron chi connectivity index (χ4n) is 0.776. The fraction of sp³-hybridized carbons (Fsp3) is 0.333. The number of nitrogens with zero attached hydrogens (tertiary/aromatic N) is 1. The molecular weight excluding hydrogens is 187 g/mol. The highest BCUT2D eigenvalue weighted by Gasteiger charge is 2.11. The first-order valence-electron chi connectivity index (χ1n) is 4.14. The van der Waals surface area contributed by atoms with Crippen molar-refractivity contribution in [1.82, 2.24) is 4.98 Å². The summed E-state index contributed by atoms with van der Waals surface area (Å²) < 4.78 is 17.9. The van der Waals surface area contributed by atoms with Crippen molar-refractivity contribution in [3.63, 3.8) is 0 Å². The van der Waals surface area contributed by atoms with Gasteiger partial charge in [-0.15, -0.1) is 0 Å². The molecule has 0 saturated carbocycles. The lowest BCUT2D eigenvalue weighted by Crippen LogP contribution is -2.26. The zero-order chi connectivity index (χ0) is 10.6. The number of aromatic nitrogens is 1. The number of ether oxygens (including phenoxy) is 1. The average Bonchev–Trinajstić information content (AvgIpc) is 2.16. The van der Waals surface area contributed by atoms with Gasteiger partial charge in [0.1, 0.15) is 0 Å². The molecule has 0 saturated heterocycles. The van der Waals surface area contributed by atoms with E-state index < -0.39 is 17.8 Å². The van der Waals surface area contributed by atoms with Crippen LogP contribution in [0, 0.1) is 11.9 Å². The molecule has 1 unspecified atom stereocenters. The zero-order valence-electron chi connectivity index (χ0n) is 7.74. The van der Waals surface area contributed by atoms with Gasteiger partial charge in [-0.25, -0.2) is 4.98 Å². The highest BCUT2D eigenvalue weighted by Crippen LogP contribution is 2.13. The van der Waals surface area contributed by atoms with Crippen molar-refractivity contribution in [2.24, 2.45) is 11.7 Å². The van der Waals surface area contributed by atoms with E-state index in [0.717, 1.165) is 0 Å². The Balaban J connectivity index is 2.54. The van der Waals surface area contributed by atoms with Gasteiger partial charge in [-0.3, -0.25) is 4.79 Å². The molecule has 0 fully saturated rings. The number of rotatable bonds is 4. The number of hydrogen-bond acceptors (Lipinski definition) is 3. The second-order valence-electron chi connectivity index (χ2n) is 2.91. The van der Waals surface area contributed by atoms with E-state index in [0.29, 0.717) is 0 Å². The first kappa shape index (κ1) is 10.4. The Labute approximate surface area is 80.9 Å². The van der Waals surface area contributed by atoms with Gasteiger partial charge < -0.3 is 10.5 Å². The summed E-state index contributed by atoms with van der Waals surface area (Å²) in [6.07, 6.45) is 1.32. The SMILES string of the molecule is CC(COc1cccnc1F)C(N)=O. The third-order valence-corrected chi connectivity index (χ3v) is 1.70. The standard InChI is InChI=1S/C9H11FN2O2/c1-6(9(11)13)5-14-7-3-2-4-12-8(7)10/h2-4,6H,5H2,1H3,(H2,11,13). The summed E-state index contributed by atoms with van der Waals surface area (Å²) in [5.74, 6) is -1.59. The summed E-state index contributed by atoms with van der Waals surface area (Å²) in [6, 6.07) is 2.99. The molecule has 0 aliphatic rings. The molecule has 0 spiro atoms. The topological polar surface area (TPSA) is 65.2 Å². The van der Waals surface area contributed by atoms with Crippen molar-refractivity contribution in [2.45, 2.75) is 6.92 Å². The van der Waals surface area contributed by atoms with Crippen molar-refractivity contribution >= 4 is 5.91 Å². The molecule has 1 aromatic heterocycles. The summed E-state index contributed by atoms with van der Waals surface area (Å²) in [5.41, 5.74) is 5.01. The molecule has 76 valence electrons. The van der Waals surface area contributed by atoms with Crippen LogP contribution in [-0.2, 0) is 4.79 Å². The van der Waals surface area contributed by atoms with E-state index in [2.05, 4.69) is 4.98 Å². The number of pyridine rings is 1. The molecule has 1 aromatic rings. The van der Waals surface area contributed by atoms with Gasteiger partial charge in [0.15, 0.2) is 5.75 Å². The van der Waals surface area contributed by atoms with Crippen molar-refractivity contribution in [3.05, 3.63) is 24.3 Å². The Morgan fingerprint density at radius 2 is 2.50 bits per heavy atom. The van der Waals surface area contributed by atoms with E-state index in [1.165, 1.54) is 12.3 Å².